The van der Waals surface area contributed by atoms with Gasteiger partial charge in [-0.3, -0.25) is 4.90 Å². The molecular formula is C36H46N4O4. The third kappa shape index (κ3) is 7.68. The minimum Gasteiger partial charge on any atom is -0.392 e. The number of hydrogen-bond donors (Lipinski definition) is 3. The number of hydrogen-bond acceptors (Lipinski definition) is 6. The maximum absolute atomic E-state index is 12.7. The highest BCUT2D eigenvalue weighted by molar-refractivity contribution is 5.89. The van der Waals surface area contributed by atoms with Crippen molar-refractivity contribution >= 4 is 11.7 Å². The first-order valence-electron chi connectivity index (χ1n) is 16.2. The number of amides is 2. The fourth-order valence-electron chi connectivity index (χ4n) is 6.88. The van der Waals surface area contributed by atoms with Crippen molar-refractivity contribution in [2.45, 2.75) is 70.3 Å². The van der Waals surface area contributed by atoms with Gasteiger partial charge in [0.2, 0.25) is 0 Å². The van der Waals surface area contributed by atoms with E-state index in [0.717, 1.165) is 41.9 Å². The average Bonchev–Trinajstić information content (AvgIpc) is 3.74. The molecule has 0 unspecified atom stereocenters. The number of benzene rings is 3. The molecule has 0 aliphatic carbocycles. The molecule has 0 saturated carbocycles. The molecule has 3 aromatic carbocycles. The summed E-state index contributed by atoms with van der Waals surface area (Å²) in [6.45, 7) is 8.25. The van der Waals surface area contributed by atoms with Crippen LogP contribution in [0.3, 0.4) is 0 Å². The zero-order valence-corrected chi connectivity index (χ0v) is 25.7. The first-order valence-corrected chi connectivity index (χ1v) is 16.2. The quantitative estimate of drug-likeness (QED) is 0.271. The second-order valence-electron chi connectivity index (χ2n) is 12.5. The monoisotopic (exact) mass is 598 g/mol. The summed E-state index contributed by atoms with van der Waals surface area (Å²) in [5.74, 6) is 0.129. The van der Waals surface area contributed by atoms with Crippen LogP contribution in [0.15, 0.2) is 78.9 Å². The highest BCUT2D eigenvalue weighted by Gasteiger charge is 2.41. The van der Waals surface area contributed by atoms with Crippen LogP contribution in [0.1, 0.15) is 67.3 Å². The molecule has 0 bridgehead atoms. The first-order chi connectivity index (χ1) is 21.6. The van der Waals surface area contributed by atoms with Gasteiger partial charge in [0.05, 0.1) is 18.8 Å². The van der Waals surface area contributed by atoms with Crippen LogP contribution < -0.4 is 10.6 Å². The van der Waals surface area contributed by atoms with Gasteiger partial charge in [-0.05, 0) is 74.1 Å². The summed E-state index contributed by atoms with van der Waals surface area (Å²) in [4.78, 5) is 18.0. The lowest BCUT2D eigenvalue weighted by atomic mass is 9.90. The lowest BCUT2D eigenvalue weighted by molar-refractivity contribution is -0.276. The minimum atomic E-state index is -0.576. The molecule has 3 aliphatic rings. The molecule has 3 heterocycles. The van der Waals surface area contributed by atoms with Crippen LogP contribution in [0.2, 0.25) is 0 Å². The van der Waals surface area contributed by atoms with Gasteiger partial charge in [0.25, 0.3) is 0 Å². The second kappa shape index (κ2) is 14.7. The maximum atomic E-state index is 12.7. The topological polar surface area (TPSA) is 86.3 Å². The molecule has 0 spiro atoms. The van der Waals surface area contributed by atoms with E-state index in [2.05, 4.69) is 39.5 Å². The van der Waals surface area contributed by atoms with Crippen LogP contribution in [0, 0.1) is 5.92 Å². The van der Waals surface area contributed by atoms with Crippen LogP contribution in [-0.2, 0) is 22.6 Å². The minimum absolute atomic E-state index is 0.0157. The van der Waals surface area contributed by atoms with Gasteiger partial charge >= 0.3 is 6.03 Å². The predicted octanol–water partition coefficient (Wildman–Crippen LogP) is 5.85. The van der Waals surface area contributed by atoms with E-state index in [9.17, 15) is 9.90 Å². The smallest absolute Gasteiger partial charge is 0.319 e. The molecule has 234 valence electrons. The fraction of sp³-hybridized carbons (Fsp3) is 0.472. The Morgan fingerprint density at radius 2 is 1.66 bits per heavy atom. The van der Waals surface area contributed by atoms with Gasteiger partial charge in [-0.2, -0.15) is 0 Å². The summed E-state index contributed by atoms with van der Waals surface area (Å²) in [5, 5.41) is 15.5. The van der Waals surface area contributed by atoms with Crippen molar-refractivity contribution in [1.29, 1.82) is 0 Å². The van der Waals surface area contributed by atoms with Crippen molar-refractivity contribution in [2.24, 2.45) is 5.92 Å². The van der Waals surface area contributed by atoms with Crippen molar-refractivity contribution in [3.63, 3.8) is 0 Å². The van der Waals surface area contributed by atoms with Crippen LogP contribution in [0.5, 0.6) is 0 Å². The Bertz CT molecular complexity index is 1350. The van der Waals surface area contributed by atoms with Gasteiger partial charge in [0, 0.05) is 42.8 Å². The Balaban J connectivity index is 1.18. The molecule has 3 fully saturated rings. The van der Waals surface area contributed by atoms with E-state index in [1.165, 1.54) is 38.8 Å². The van der Waals surface area contributed by atoms with Gasteiger partial charge in [-0.1, -0.05) is 73.7 Å². The predicted molar refractivity (Wildman–Crippen MR) is 172 cm³/mol. The van der Waals surface area contributed by atoms with E-state index in [4.69, 9.17) is 9.47 Å². The SMILES string of the molecule is C[C@@H]1[C@H](CN2CCC[C@H]2CN2CCCC2)O[C@H](c2cccc(NC(=O)NCc3ccccc3)c2)O[C@@H]1c1ccc(CO)cc1. The van der Waals surface area contributed by atoms with Crippen LogP contribution in [-0.4, -0.2) is 65.8 Å². The van der Waals surface area contributed by atoms with E-state index in [1.807, 2.05) is 66.7 Å². The van der Waals surface area contributed by atoms with Gasteiger partial charge in [0.1, 0.15) is 0 Å². The molecule has 3 N–H and O–H groups in total. The van der Waals surface area contributed by atoms with Crippen molar-refractivity contribution in [3.8, 4) is 0 Å². The fourth-order valence-corrected chi connectivity index (χ4v) is 6.88. The highest BCUT2D eigenvalue weighted by atomic mass is 16.7. The summed E-state index contributed by atoms with van der Waals surface area (Å²) in [5.41, 5.74) is 4.56. The highest BCUT2D eigenvalue weighted by Crippen LogP contribution is 2.42. The number of rotatable bonds is 10. The Morgan fingerprint density at radius 1 is 0.864 bits per heavy atom. The van der Waals surface area contributed by atoms with E-state index < -0.39 is 6.29 Å². The standard InChI is InChI=1S/C36H46N4O4/c1-26-33(24-40-20-8-13-32(40)23-39-18-5-6-19-39)43-35(44-34(26)29-16-14-28(25-41)15-17-29)30-11-7-12-31(21-30)38-36(42)37-22-27-9-3-2-4-10-27/h2-4,7,9-12,14-17,21,26,32-35,41H,5-6,8,13,18-20,22-25H2,1H3,(H2,37,38,42)/t26-,32+,33+,34+,35+/m1/s1. The molecule has 3 saturated heterocycles. The number of nitrogens with zero attached hydrogens (tertiary/aromatic N) is 2. The zero-order chi connectivity index (χ0) is 30.3. The van der Waals surface area contributed by atoms with E-state index in [1.54, 1.807) is 0 Å². The summed E-state index contributed by atoms with van der Waals surface area (Å²) >= 11 is 0. The molecule has 2 amide bonds. The number of likely N-dealkylation sites (tertiary alicyclic amines) is 2. The Labute approximate surface area is 261 Å². The molecule has 0 aromatic heterocycles. The van der Waals surface area contributed by atoms with Crippen molar-refractivity contribution in [2.75, 3.05) is 38.0 Å². The van der Waals surface area contributed by atoms with E-state index in [0.29, 0.717) is 18.3 Å². The third-order valence-electron chi connectivity index (χ3n) is 9.42. The van der Waals surface area contributed by atoms with Crippen molar-refractivity contribution in [3.05, 3.63) is 101 Å². The van der Waals surface area contributed by atoms with Gasteiger partial charge < -0.3 is 30.1 Å². The van der Waals surface area contributed by atoms with E-state index >= 15 is 0 Å². The Morgan fingerprint density at radius 3 is 2.43 bits per heavy atom. The van der Waals surface area contributed by atoms with Gasteiger partial charge in [-0.15, -0.1) is 0 Å². The van der Waals surface area contributed by atoms with Crippen LogP contribution in [0.4, 0.5) is 10.5 Å². The molecule has 3 aromatic rings. The molecule has 3 aliphatic heterocycles. The summed E-state index contributed by atoms with van der Waals surface area (Å²) in [6, 6.07) is 26.0. The van der Waals surface area contributed by atoms with Crippen LogP contribution >= 0.6 is 0 Å². The molecule has 44 heavy (non-hydrogen) atoms. The largest absolute Gasteiger partial charge is 0.392 e. The molecule has 0 radical (unpaired) electrons. The van der Waals surface area contributed by atoms with Gasteiger partial charge in [-0.25, -0.2) is 4.79 Å². The van der Waals surface area contributed by atoms with Gasteiger partial charge in [0.15, 0.2) is 6.29 Å². The summed E-state index contributed by atoms with van der Waals surface area (Å²) in [6.07, 6.45) is 4.32. The normalized spacial score (nSPS) is 26.1. The zero-order valence-electron chi connectivity index (χ0n) is 25.7. The average molecular weight is 599 g/mol. The first kappa shape index (κ1) is 30.7. The number of anilines is 1. The third-order valence-corrected chi connectivity index (χ3v) is 9.42. The number of ether oxygens (including phenoxy) is 2. The number of aliphatic hydroxyl groups is 1. The molecule has 6 rings (SSSR count). The number of urea groups is 1. The summed E-state index contributed by atoms with van der Waals surface area (Å²) in [7, 11) is 0. The van der Waals surface area contributed by atoms with Crippen LogP contribution in [0.25, 0.3) is 0 Å². The lowest BCUT2D eigenvalue weighted by Gasteiger charge is -2.43. The molecule has 8 heteroatoms. The number of nitrogens with one attached hydrogen (secondary N) is 2. The molecule has 8 nitrogen and oxygen atoms in total. The summed E-state index contributed by atoms with van der Waals surface area (Å²) < 4.78 is 13.5. The molecular weight excluding hydrogens is 552 g/mol. The Kier molecular flexibility index (Phi) is 10.3. The van der Waals surface area contributed by atoms with Crippen molar-refractivity contribution in [1.82, 2.24) is 15.1 Å². The maximum Gasteiger partial charge on any atom is 0.319 e. The number of carbonyl (C=O) groups is 1. The molecule has 5 atom stereocenters. The second-order valence-corrected chi connectivity index (χ2v) is 12.5. The lowest BCUT2D eigenvalue weighted by Crippen LogP contribution is -2.48. The van der Waals surface area contributed by atoms with E-state index in [-0.39, 0.29) is 30.8 Å². The number of carbonyl (C=O) groups excluding carboxylic acids is 1. The van der Waals surface area contributed by atoms with Crippen molar-refractivity contribution < 1.29 is 19.4 Å². The number of aliphatic hydroxyl groups excluding tert-OH is 1. The Hall–Kier alpha value is -3.27.